The molecule has 2 aromatic carbocycles. The van der Waals surface area contributed by atoms with Crippen molar-refractivity contribution in [1.82, 2.24) is 15.1 Å². The van der Waals surface area contributed by atoms with Gasteiger partial charge in [0, 0.05) is 29.4 Å². The van der Waals surface area contributed by atoms with Crippen molar-refractivity contribution >= 4 is 18.0 Å². The van der Waals surface area contributed by atoms with Gasteiger partial charge < -0.3 is 10.1 Å². The van der Waals surface area contributed by atoms with Crippen LogP contribution < -0.4 is 5.32 Å². The van der Waals surface area contributed by atoms with Crippen LogP contribution in [-0.2, 0) is 20.9 Å². The average Bonchev–Trinajstić information content (AvgIpc) is 3.15. The summed E-state index contributed by atoms with van der Waals surface area (Å²) in [6, 6.07) is 18.1. The van der Waals surface area contributed by atoms with Crippen molar-refractivity contribution in [2.24, 2.45) is 0 Å². The summed E-state index contributed by atoms with van der Waals surface area (Å²) in [5.41, 5.74) is 4.86. The van der Waals surface area contributed by atoms with Gasteiger partial charge in [0.15, 0.2) is 6.61 Å². The molecular formula is C25H27N3O3. The van der Waals surface area contributed by atoms with Crippen LogP contribution in [0.5, 0.6) is 0 Å². The van der Waals surface area contributed by atoms with Gasteiger partial charge in [-0.2, -0.15) is 5.10 Å². The van der Waals surface area contributed by atoms with E-state index in [-0.39, 0.29) is 18.6 Å². The normalized spacial score (nSPS) is 11.1. The van der Waals surface area contributed by atoms with Crippen LogP contribution in [0.4, 0.5) is 0 Å². The molecule has 3 aromatic rings. The number of amides is 1. The minimum absolute atomic E-state index is 0.00505. The number of hydrogen-bond acceptors (Lipinski definition) is 4. The number of nitrogens with one attached hydrogen (secondary N) is 1. The van der Waals surface area contributed by atoms with Crippen molar-refractivity contribution < 1.29 is 14.3 Å². The van der Waals surface area contributed by atoms with Crippen LogP contribution in [-0.4, -0.2) is 34.3 Å². The van der Waals surface area contributed by atoms with Crippen molar-refractivity contribution in [3.05, 3.63) is 83.6 Å². The lowest BCUT2D eigenvalue weighted by atomic mass is 10.1. The molecule has 0 unspecified atom stereocenters. The summed E-state index contributed by atoms with van der Waals surface area (Å²) in [5.74, 6) is -0.906. The van der Waals surface area contributed by atoms with Gasteiger partial charge in [0.1, 0.15) is 0 Å². The standard InChI is InChI=1S/C25H27N3O3/c1-18(2)26-23(29)17-31-24(30)14-13-22-16-28(15-20-11-9-19(3)10-12-20)27-25(22)21-7-5-4-6-8-21/h4-14,16,18H,15,17H2,1-3H3,(H,26,29)/b14-13+. The lowest BCUT2D eigenvalue weighted by Gasteiger charge is -2.07. The van der Waals surface area contributed by atoms with Gasteiger partial charge in [0.25, 0.3) is 5.91 Å². The fraction of sp³-hybridized carbons (Fsp3) is 0.240. The second-order valence-electron chi connectivity index (χ2n) is 7.65. The number of rotatable bonds is 8. The van der Waals surface area contributed by atoms with Gasteiger partial charge in [-0.1, -0.05) is 60.2 Å². The Labute approximate surface area is 182 Å². The number of aryl methyl sites for hydroxylation is 1. The molecule has 0 saturated heterocycles. The summed E-state index contributed by atoms with van der Waals surface area (Å²) >= 11 is 0. The molecule has 0 saturated carbocycles. The highest BCUT2D eigenvalue weighted by Gasteiger charge is 2.11. The number of hydrogen-bond donors (Lipinski definition) is 1. The summed E-state index contributed by atoms with van der Waals surface area (Å²) in [6.45, 7) is 6.06. The molecule has 0 aliphatic rings. The highest BCUT2D eigenvalue weighted by Crippen LogP contribution is 2.23. The van der Waals surface area contributed by atoms with Crippen molar-refractivity contribution in [2.45, 2.75) is 33.4 Å². The summed E-state index contributed by atoms with van der Waals surface area (Å²) in [4.78, 5) is 23.7. The molecule has 160 valence electrons. The third kappa shape index (κ3) is 6.67. The quantitative estimate of drug-likeness (QED) is 0.444. The van der Waals surface area contributed by atoms with E-state index in [4.69, 9.17) is 9.84 Å². The molecule has 6 nitrogen and oxygen atoms in total. The van der Waals surface area contributed by atoms with Gasteiger partial charge in [-0.3, -0.25) is 9.48 Å². The molecule has 1 N–H and O–H groups in total. The van der Waals surface area contributed by atoms with Gasteiger partial charge in [-0.05, 0) is 32.4 Å². The number of aromatic nitrogens is 2. The summed E-state index contributed by atoms with van der Waals surface area (Å²) in [7, 11) is 0. The zero-order valence-corrected chi connectivity index (χ0v) is 18.0. The Balaban J connectivity index is 1.76. The summed E-state index contributed by atoms with van der Waals surface area (Å²) in [6.07, 6.45) is 4.89. The molecule has 1 heterocycles. The van der Waals surface area contributed by atoms with Crippen LogP contribution in [0, 0.1) is 6.92 Å². The Hall–Kier alpha value is -3.67. The van der Waals surface area contributed by atoms with E-state index in [9.17, 15) is 9.59 Å². The lowest BCUT2D eigenvalue weighted by Crippen LogP contribution is -2.33. The fourth-order valence-corrected chi connectivity index (χ4v) is 3.05. The number of nitrogens with zero attached hydrogens (tertiary/aromatic N) is 2. The van der Waals surface area contributed by atoms with Crippen molar-refractivity contribution in [1.29, 1.82) is 0 Å². The van der Waals surface area contributed by atoms with Crippen LogP contribution in [0.1, 0.15) is 30.5 Å². The van der Waals surface area contributed by atoms with E-state index < -0.39 is 5.97 Å². The zero-order chi connectivity index (χ0) is 22.2. The van der Waals surface area contributed by atoms with E-state index in [0.717, 1.165) is 22.4 Å². The Bertz CT molecular complexity index is 1050. The van der Waals surface area contributed by atoms with E-state index in [1.54, 1.807) is 6.08 Å². The third-order valence-corrected chi connectivity index (χ3v) is 4.50. The topological polar surface area (TPSA) is 73.2 Å². The number of esters is 1. The largest absolute Gasteiger partial charge is 0.452 e. The second-order valence-corrected chi connectivity index (χ2v) is 7.65. The van der Waals surface area contributed by atoms with E-state index in [1.807, 2.05) is 55.1 Å². The first-order chi connectivity index (χ1) is 14.9. The second kappa shape index (κ2) is 10.4. The number of ether oxygens (including phenoxy) is 1. The smallest absolute Gasteiger partial charge is 0.331 e. The number of carbonyl (C=O) groups excluding carboxylic acids is 2. The maximum atomic E-state index is 12.1. The van der Waals surface area contributed by atoms with E-state index in [1.165, 1.54) is 11.6 Å². The first-order valence-corrected chi connectivity index (χ1v) is 10.2. The number of benzene rings is 2. The Morgan fingerprint density at radius 1 is 1.10 bits per heavy atom. The zero-order valence-electron chi connectivity index (χ0n) is 18.0. The average molecular weight is 418 g/mol. The summed E-state index contributed by atoms with van der Waals surface area (Å²) < 4.78 is 6.88. The number of carbonyl (C=O) groups is 2. The van der Waals surface area contributed by atoms with Crippen LogP contribution in [0.25, 0.3) is 17.3 Å². The van der Waals surface area contributed by atoms with Gasteiger partial charge >= 0.3 is 5.97 Å². The summed E-state index contributed by atoms with van der Waals surface area (Å²) in [5, 5.41) is 7.41. The van der Waals surface area contributed by atoms with Crippen LogP contribution in [0.2, 0.25) is 0 Å². The molecule has 1 aromatic heterocycles. The Morgan fingerprint density at radius 3 is 2.48 bits per heavy atom. The lowest BCUT2D eigenvalue weighted by molar-refractivity contribution is -0.143. The van der Waals surface area contributed by atoms with Crippen LogP contribution in [0.15, 0.2) is 66.9 Å². The van der Waals surface area contributed by atoms with Gasteiger partial charge in [0.05, 0.1) is 12.2 Å². The molecule has 0 fully saturated rings. The predicted molar refractivity (Wildman–Crippen MR) is 121 cm³/mol. The van der Waals surface area contributed by atoms with Gasteiger partial charge in [-0.25, -0.2) is 4.79 Å². The van der Waals surface area contributed by atoms with Crippen LogP contribution in [0.3, 0.4) is 0 Å². The SMILES string of the molecule is Cc1ccc(Cn2cc(/C=C/C(=O)OCC(=O)NC(C)C)c(-c3ccccc3)n2)cc1. The fourth-order valence-electron chi connectivity index (χ4n) is 3.05. The Morgan fingerprint density at radius 2 is 1.81 bits per heavy atom. The third-order valence-electron chi connectivity index (χ3n) is 4.50. The highest BCUT2D eigenvalue weighted by atomic mass is 16.5. The molecule has 0 aliphatic carbocycles. The van der Waals surface area contributed by atoms with Gasteiger partial charge in [0.2, 0.25) is 0 Å². The molecule has 0 atom stereocenters. The van der Waals surface area contributed by atoms with E-state index >= 15 is 0 Å². The van der Waals surface area contributed by atoms with E-state index in [0.29, 0.717) is 6.54 Å². The molecule has 6 heteroatoms. The molecule has 0 aliphatic heterocycles. The first-order valence-electron chi connectivity index (χ1n) is 10.2. The minimum atomic E-state index is -0.579. The van der Waals surface area contributed by atoms with Crippen molar-refractivity contribution in [3.63, 3.8) is 0 Å². The van der Waals surface area contributed by atoms with Crippen LogP contribution >= 0.6 is 0 Å². The molecule has 3 rings (SSSR count). The predicted octanol–water partition coefficient (Wildman–Crippen LogP) is 3.99. The molecule has 31 heavy (non-hydrogen) atoms. The molecule has 0 bridgehead atoms. The first kappa shape index (κ1) is 22.0. The molecule has 1 amide bonds. The molecule has 0 radical (unpaired) electrons. The van der Waals surface area contributed by atoms with Crippen molar-refractivity contribution in [3.8, 4) is 11.3 Å². The Kier molecular flexibility index (Phi) is 7.38. The monoisotopic (exact) mass is 417 g/mol. The minimum Gasteiger partial charge on any atom is -0.452 e. The maximum absolute atomic E-state index is 12.1. The highest BCUT2D eigenvalue weighted by molar-refractivity contribution is 5.90. The van der Waals surface area contributed by atoms with Crippen molar-refractivity contribution in [2.75, 3.05) is 6.61 Å². The maximum Gasteiger partial charge on any atom is 0.331 e. The molecule has 0 spiro atoms. The van der Waals surface area contributed by atoms with E-state index in [2.05, 4.69) is 36.5 Å². The van der Waals surface area contributed by atoms with Gasteiger partial charge in [-0.15, -0.1) is 0 Å². The molecular weight excluding hydrogens is 390 g/mol.